The fourth-order valence-electron chi connectivity index (χ4n) is 1.90. The third-order valence-corrected chi connectivity index (χ3v) is 4.45. The minimum atomic E-state index is -3.75. The minimum Gasteiger partial charge on any atom is -0.496 e. The first-order valence-corrected chi connectivity index (χ1v) is 7.94. The Morgan fingerprint density at radius 2 is 1.86 bits per heavy atom. The van der Waals surface area contributed by atoms with E-state index in [2.05, 4.69) is 4.72 Å². The molecule has 0 saturated heterocycles. The molecule has 6 nitrogen and oxygen atoms in total. The van der Waals surface area contributed by atoms with Gasteiger partial charge in [0.05, 0.1) is 17.6 Å². The first-order chi connectivity index (χ1) is 10.4. The lowest BCUT2D eigenvalue weighted by Gasteiger charge is -2.10. The van der Waals surface area contributed by atoms with Crippen LogP contribution in [-0.2, 0) is 16.6 Å². The Kier molecular flexibility index (Phi) is 4.79. The lowest BCUT2D eigenvalue weighted by molar-refractivity contribution is 0.0997. The Labute approximate surface area is 129 Å². The Balaban J connectivity index is 2.26. The summed E-state index contributed by atoms with van der Waals surface area (Å²) in [6.07, 6.45) is 0. The number of carbonyl (C=O) groups is 1. The van der Waals surface area contributed by atoms with E-state index >= 15 is 0 Å². The van der Waals surface area contributed by atoms with Crippen molar-refractivity contribution in [3.63, 3.8) is 0 Å². The molecule has 0 saturated carbocycles. The van der Waals surface area contributed by atoms with Gasteiger partial charge in [0.25, 0.3) is 5.91 Å². The van der Waals surface area contributed by atoms with Crippen molar-refractivity contribution < 1.29 is 17.9 Å². The lowest BCUT2D eigenvalue weighted by atomic mass is 10.2. The molecule has 2 aromatic carbocycles. The van der Waals surface area contributed by atoms with Crippen molar-refractivity contribution in [3.8, 4) is 5.75 Å². The van der Waals surface area contributed by atoms with Crippen LogP contribution in [0, 0.1) is 0 Å². The van der Waals surface area contributed by atoms with E-state index in [1.54, 1.807) is 0 Å². The van der Waals surface area contributed by atoms with Gasteiger partial charge in [0, 0.05) is 6.54 Å². The molecule has 0 bridgehead atoms. The number of benzene rings is 2. The first-order valence-electron chi connectivity index (χ1n) is 6.45. The molecule has 0 aliphatic carbocycles. The predicted octanol–water partition coefficient (Wildman–Crippen LogP) is 1.27. The van der Waals surface area contributed by atoms with Crippen LogP contribution in [0.3, 0.4) is 0 Å². The van der Waals surface area contributed by atoms with Crippen LogP contribution in [0.5, 0.6) is 5.75 Å². The molecule has 2 rings (SSSR count). The third-order valence-electron chi connectivity index (χ3n) is 3.06. The van der Waals surface area contributed by atoms with Crippen molar-refractivity contribution >= 4 is 15.9 Å². The van der Waals surface area contributed by atoms with E-state index in [0.29, 0.717) is 0 Å². The van der Waals surface area contributed by atoms with E-state index in [1.165, 1.54) is 25.3 Å². The summed E-state index contributed by atoms with van der Waals surface area (Å²) in [4.78, 5) is 11.3. The average Bonchev–Trinajstić information content (AvgIpc) is 2.53. The molecule has 0 aliphatic heterocycles. The molecular formula is C15H16N2O4S. The summed E-state index contributed by atoms with van der Waals surface area (Å²) in [7, 11) is -2.37. The number of primary amides is 1. The van der Waals surface area contributed by atoms with Gasteiger partial charge in [-0.2, -0.15) is 0 Å². The zero-order valence-electron chi connectivity index (χ0n) is 11.9. The van der Waals surface area contributed by atoms with Crippen LogP contribution < -0.4 is 15.2 Å². The van der Waals surface area contributed by atoms with Gasteiger partial charge in [-0.3, -0.25) is 4.79 Å². The SMILES string of the molecule is COc1ccc(S(=O)(=O)NCc2ccccc2)cc1C(N)=O. The number of nitrogens with two attached hydrogens (primary N) is 1. The maximum atomic E-state index is 12.3. The second kappa shape index (κ2) is 6.59. The molecule has 0 fully saturated rings. The number of ether oxygens (including phenoxy) is 1. The molecule has 116 valence electrons. The predicted molar refractivity (Wildman–Crippen MR) is 82.0 cm³/mol. The summed E-state index contributed by atoms with van der Waals surface area (Å²) in [5.74, 6) is -0.522. The summed E-state index contributed by atoms with van der Waals surface area (Å²) >= 11 is 0. The van der Waals surface area contributed by atoms with Crippen LogP contribution in [0.2, 0.25) is 0 Å². The van der Waals surface area contributed by atoms with Crippen molar-refractivity contribution in [1.29, 1.82) is 0 Å². The molecule has 0 atom stereocenters. The zero-order valence-corrected chi connectivity index (χ0v) is 12.8. The van der Waals surface area contributed by atoms with E-state index in [0.717, 1.165) is 5.56 Å². The summed E-state index contributed by atoms with van der Waals surface area (Å²) in [6, 6.07) is 13.1. The second-order valence-electron chi connectivity index (χ2n) is 4.54. The number of hydrogen-bond acceptors (Lipinski definition) is 4. The highest BCUT2D eigenvalue weighted by Gasteiger charge is 2.18. The zero-order chi connectivity index (χ0) is 16.2. The van der Waals surface area contributed by atoms with E-state index in [9.17, 15) is 13.2 Å². The Morgan fingerprint density at radius 3 is 2.45 bits per heavy atom. The van der Waals surface area contributed by atoms with E-state index in [1.807, 2.05) is 30.3 Å². The number of nitrogens with one attached hydrogen (secondary N) is 1. The molecule has 3 N–H and O–H groups in total. The standard InChI is InChI=1S/C15H16N2O4S/c1-21-14-8-7-12(9-13(14)15(16)18)22(19,20)17-10-11-5-3-2-4-6-11/h2-9,17H,10H2,1H3,(H2,16,18). The van der Waals surface area contributed by atoms with Gasteiger partial charge in [0.2, 0.25) is 10.0 Å². The van der Waals surface area contributed by atoms with Crippen molar-refractivity contribution in [2.24, 2.45) is 5.73 Å². The van der Waals surface area contributed by atoms with Gasteiger partial charge in [0.15, 0.2) is 0 Å². The summed E-state index contributed by atoms with van der Waals surface area (Å²) in [5, 5.41) is 0. The minimum absolute atomic E-state index is 0.0186. The van der Waals surface area contributed by atoms with Crippen molar-refractivity contribution in [2.75, 3.05) is 7.11 Å². The number of sulfonamides is 1. The number of rotatable bonds is 6. The smallest absolute Gasteiger partial charge is 0.252 e. The van der Waals surface area contributed by atoms with Crippen LogP contribution in [0.1, 0.15) is 15.9 Å². The highest BCUT2D eigenvalue weighted by Crippen LogP contribution is 2.22. The van der Waals surface area contributed by atoms with Gasteiger partial charge in [-0.1, -0.05) is 30.3 Å². The topological polar surface area (TPSA) is 98.5 Å². The second-order valence-corrected chi connectivity index (χ2v) is 6.30. The molecule has 0 aliphatic rings. The van der Waals surface area contributed by atoms with Gasteiger partial charge in [-0.15, -0.1) is 0 Å². The number of carbonyl (C=O) groups excluding carboxylic acids is 1. The van der Waals surface area contributed by atoms with Crippen LogP contribution in [-0.4, -0.2) is 21.4 Å². The Bertz CT molecular complexity index is 773. The third kappa shape index (κ3) is 3.63. The fourth-order valence-corrected chi connectivity index (χ4v) is 2.95. The van der Waals surface area contributed by atoms with E-state index in [4.69, 9.17) is 10.5 Å². The van der Waals surface area contributed by atoms with Crippen molar-refractivity contribution in [1.82, 2.24) is 4.72 Å². The van der Waals surface area contributed by atoms with E-state index in [-0.39, 0.29) is 22.8 Å². The quantitative estimate of drug-likeness (QED) is 0.837. The highest BCUT2D eigenvalue weighted by atomic mass is 32.2. The molecule has 0 unspecified atom stereocenters. The van der Waals surface area contributed by atoms with Gasteiger partial charge < -0.3 is 10.5 Å². The fraction of sp³-hybridized carbons (Fsp3) is 0.133. The average molecular weight is 320 g/mol. The van der Waals surface area contributed by atoms with Gasteiger partial charge in [-0.25, -0.2) is 13.1 Å². The summed E-state index contributed by atoms with van der Waals surface area (Å²) < 4.78 is 32.0. The molecule has 0 spiro atoms. The Hall–Kier alpha value is -2.38. The largest absolute Gasteiger partial charge is 0.496 e. The van der Waals surface area contributed by atoms with E-state index < -0.39 is 15.9 Å². The first kappa shape index (κ1) is 16.0. The van der Waals surface area contributed by atoms with Gasteiger partial charge >= 0.3 is 0 Å². The molecular weight excluding hydrogens is 304 g/mol. The number of amides is 1. The number of hydrogen-bond donors (Lipinski definition) is 2. The van der Waals surface area contributed by atoms with Crippen LogP contribution in [0.15, 0.2) is 53.4 Å². The summed E-state index contributed by atoms with van der Waals surface area (Å²) in [5.41, 5.74) is 6.08. The van der Waals surface area contributed by atoms with Crippen LogP contribution >= 0.6 is 0 Å². The van der Waals surface area contributed by atoms with Crippen molar-refractivity contribution in [2.45, 2.75) is 11.4 Å². The normalized spacial score (nSPS) is 11.1. The monoisotopic (exact) mass is 320 g/mol. The maximum Gasteiger partial charge on any atom is 0.252 e. The van der Waals surface area contributed by atoms with Crippen LogP contribution in [0.4, 0.5) is 0 Å². The molecule has 0 radical (unpaired) electrons. The van der Waals surface area contributed by atoms with Gasteiger partial charge in [-0.05, 0) is 23.8 Å². The Morgan fingerprint density at radius 1 is 1.18 bits per heavy atom. The molecule has 1 amide bonds. The highest BCUT2D eigenvalue weighted by molar-refractivity contribution is 7.89. The summed E-state index contributed by atoms with van der Waals surface area (Å²) in [6.45, 7) is 0.154. The number of methoxy groups -OCH3 is 1. The molecule has 0 aromatic heterocycles. The van der Waals surface area contributed by atoms with Gasteiger partial charge in [0.1, 0.15) is 5.75 Å². The lowest BCUT2D eigenvalue weighted by Crippen LogP contribution is -2.24. The maximum absolute atomic E-state index is 12.3. The van der Waals surface area contributed by atoms with Crippen LogP contribution in [0.25, 0.3) is 0 Å². The van der Waals surface area contributed by atoms with Crippen molar-refractivity contribution in [3.05, 3.63) is 59.7 Å². The molecule has 22 heavy (non-hydrogen) atoms. The molecule has 2 aromatic rings. The molecule has 0 heterocycles. The molecule has 7 heteroatoms.